The van der Waals surface area contributed by atoms with E-state index < -0.39 is 0 Å². The zero-order valence-corrected chi connectivity index (χ0v) is 13.9. The van der Waals surface area contributed by atoms with Crippen LogP contribution in [0.25, 0.3) is 11.3 Å². The summed E-state index contributed by atoms with van der Waals surface area (Å²) < 4.78 is 0. The molecule has 0 atom stereocenters. The summed E-state index contributed by atoms with van der Waals surface area (Å²) in [6, 6.07) is 18.9. The van der Waals surface area contributed by atoms with Gasteiger partial charge in [-0.2, -0.15) is 0 Å². The van der Waals surface area contributed by atoms with E-state index in [0.29, 0.717) is 6.42 Å². The molecule has 2 N–H and O–H groups in total. The van der Waals surface area contributed by atoms with E-state index in [1.54, 1.807) is 12.1 Å². The summed E-state index contributed by atoms with van der Waals surface area (Å²) in [5, 5.41) is 19.3. The third kappa shape index (κ3) is 3.57. The average molecular weight is 319 g/mol. The normalized spacial score (nSPS) is 11.4. The molecule has 24 heavy (non-hydrogen) atoms. The van der Waals surface area contributed by atoms with Crippen LogP contribution in [0, 0.1) is 0 Å². The van der Waals surface area contributed by atoms with Crippen molar-refractivity contribution in [1.29, 1.82) is 0 Å². The lowest BCUT2D eigenvalue weighted by Crippen LogP contribution is -2.20. The lowest BCUT2D eigenvalue weighted by atomic mass is 9.80. The summed E-state index contributed by atoms with van der Waals surface area (Å²) in [6.45, 7) is 4.26. The Morgan fingerprint density at radius 2 is 1.54 bits per heavy atom. The maximum atomic E-state index is 9.65. The highest BCUT2D eigenvalue weighted by Crippen LogP contribution is 2.31. The fourth-order valence-electron chi connectivity index (χ4n) is 2.94. The molecule has 1 aromatic heterocycles. The Bertz CT molecular complexity index is 804. The van der Waals surface area contributed by atoms with Gasteiger partial charge in [-0.15, -0.1) is 0 Å². The van der Waals surface area contributed by atoms with Crippen molar-refractivity contribution in [3.8, 4) is 22.8 Å². The van der Waals surface area contributed by atoms with Crippen LogP contribution >= 0.6 is 0 Å². The molecule has 0 saturated carbocycles. The van der Waals surface area contributed by atoms with Crippen molar-refractivity contribution < 1.29 is 10.2 Å². The van der Waals surface area contributed by atoms with Crippen LogP contribution in [0.4, 0.5) is 0 Å². The molecular formula is C21H21NO2. The summed E-state index contributed by atoms with van der Waals surface area (Å²) in [5.74, 6) is 0.164. The Kier molecular flexibility index (Phi) is 4.26. The standard InChI is InChI=1S/C21H21NO2/c1-21(2,13-15-10-18(23)12-19(24)11-15)17-8-9-20(22-14-17)16-6-4-3-5-7-16/h3-12,14,23-24H,13H2,1-2H3. The molecule has 3 aromatic rings. The number of rotatable bonds is 4. The second kappa shape index (κ2) is 6.36. The molecule has 2 aromatic carbocycles. The maximum Gasteiger partial charge on any atom is 0.119 e. The molecule has 0 spiro atoms. The predicted molar refractivity (Wildman–Crippen MR) is 96.2 cm³/mol. The predicted octanol–water partition coefficient (Wildman–Crippen LogP) is 4.68. The molecule has 0 aliphatic heterocycles. The van der Waals surface area contributed by atoms with E-state index in [1.165, 1.54) is 6.07 Å². The minimum atomic E-state index is -0.164. The van der Waals surface area contributed by atoms with E-state index in [4.69, 9.17) is 0 Å². The van der Waals surface area contributed by atoms with Crippen LogP contribution in [0.1, 0.15) is 25.0 Å². The highest BCUT2D eigenvalue weighted by Gasteiger charge is 2.22. The van der Waals surface area contributed by atoms with Gasteiger partial charge in [-0.1, -0.05) is 50.2 Å². The molecule has 0 fully saturated rings. The molecule has 1 heterocycles. The minimum Gasteiger partial charge on any atom is -0.508 e. The fraction of sp³-hybridized carbons (Fsp3) is 0.190. The van der Waals surface area contributed by atoms with Gasteiger partial charge >= 0.3 is 0 Å². The Balaban J connectivity index is 1.84. The van der Waals surface area contributed by atoms with Crippen molar-refractivity contribution in [2.45, 2.75) is 25.7 Å². The molecule has 3 heteroatoms. The third-order valence-electron chi connectivity index (χ3n) is 4.22. The molecule has 0 bridgehead atoms. The van der Waals surface area contributed by atoms with Crippen LogP contribution in [0.3, 0.4) is 0 Å². The zero-order valence-electron chi connectivity index (χ0n) is 13.9. The average Bonchev–Trinajstić information content (AvgIpc) is 2.54. The molecule has 0 amide bonds. The number of phenols is 2. The lowest BCUT2D eigenvalue weighted by molar-refractivity contribution is 0.446. The lowest BCUT2D eigenvalue weighted by Gasteiger charge is -2.25. The molecule has 0 saturated heterocycles. The van der Waals surface area contributed by atoms with Gasteiger partial charge in [-0.3, -0.25) is 4.98 Å². The maximum absolute atomic E-state index is 9.65. The first-order valence-corrected chi connectivity index (χ1v) is 7.98. The van der Waals surface area contributed by atoms with Crippen LogP contribution in [0.5, 0.6) is 11.5 Å². The van der Waals surface area contributed by atoms with Gasteiger partial charge in [-0.05, 0) is 41.2 Å². The second-order valence-corrected chi connectivity index (χ2v) is 6.72. The second-order valence-electron chi connectivity index (χ2n) is 6.72. The molecule has 3 rings (SSSR count). The van der Waals surface area contributed by atoms with Crippen molar-refractivity contribution in [2.75, 3.05) is 0 Å². The Morgan fingerprint density at radius 1 is 0.875 bits per heavy atom. The van der Waals surface area contributed by atoms with Gasteiger partial charge in [-0.25, -0.2) is 0 Å². The molecule has 0 aliphatic carbocycles. The summed E-state index contributed by atoms with van der Waals surface area (Å²) in [6.07, 6.45) is 2.60. The number of pyridine rings is 1. The third-order valence-corrected chi connectivity index (χ3v) is 4.22. The highest BCUT2D eigenvalue weighted by atomic mass is 16.3. The molecule has 122 valence electrons. The first kappa shape index (κ1) is 16.1. The van der Waals surface area contributed by atoms with E-state index >= 15 is 0 Å². The van der Waals surface area contributed by atoms with Gasteiger partial charge in [0.05, 0.1) is 5.69 Å². The van der Waals surface area contributed by atoms with Gasteiger partial charge in [0.25, 0.3) is 0 Å². The van der Waals surface area contributed by atoms with Crippen molar-refractivity contribution in [3.63, 3.8) is 0 Å². The van der Waals surface area contributed by atoms with Crippen molar-refractivity contribution in [2.24, 2.45) is 0 Å². The number of hydrogen-bond acceptors (Lipinski definition) is 3. The van der Waals surface area contributed by atoms with E-state index in [2.05, 4.69) is 24.9 Å². The van der Waals surface area contributed by atoms with Gasteiger partial charge < -0.3 is 10.2 Å². The molecule has 0 aliphatic rings. The first-order chi connectivity index (χ1) is 11.4. The van der Waals surface area contributed by atoms with Crippen molar-refractivity contribution in [3.05, 3.63) is 78.0 Å². The van der Waals surface area contributed by atoms with E-state index in [-0.39, 0.29) is 16.9 Å². The van der Waals surface area contributed by atoms with Crippen LogP contribution in [0.2, 0.25) is 0 Å². The minimum absolute atomic E-state index is 0.0818. The Morgan fingerprint density at radius 3 is 2.12 bits per heavy atom. The van der Waals surface area contributed by atoms with Crippen LogP contribution in [-0.4, -0.2) is 15.2 Å². The Hall–Kier alpha value is -2.81. The highest BCUT2D eigenvalue weighted by molar-refractivity contribution is 5.58. The topological polar surface area (TPSA) is 53.4 Å². The SMILES string of the molecule is CC(C)(Cc1cc(O)cc(O)c1)c1ccc(-c2ccccc2)nc1. The summed E-state index contributed by atoms with van der Waals surface area (Å²) in [4.78, 5) is 4.59. The summed E-state index contributed by atoms with van der Waals surface area (Å²) >= 11 is 0. The fourth-order valence-corrected chi connectivity index (χ4v) is 2.94. The van der Waals surface area contributed by atoms with Gasteiger partial charge in [0.2, 0.25) is 0 Å². The van der Waals surface area contributed by atoms with Crippen LogP contribution in [0.15, 0.2) is 66.9 Å². The van der Waals surface area contributed by atoms with Crippen LogP contribution < -0.4 is 0 Å². The van der Waals surface area contributed by atoms with Gasteiger partial charge in [0, 0.05) is 17.8 Å². The van der Waals surface area contributed by atoms with E-state index in [9.17, 15) is 10.2 Å². The zero-order chi connectivity index (χ0) is 17.2. The molecule has 0 unspecified atom stereocenters. The van der Waals surface area contributed by atoms with E-state index in [0.717, 1.165) is 22.4 Å². The van der Waals surface area contributed by atoms with Crippen molar-refractivity contribution >= 4 is 0 Å². The number of benzene rings is 2. The smallest absolute Gasteiger partial charge is 0.119 e. The molecule has 3 nitrogen and oxygen atoms in total. The summed E-state index contributed by atoms with van der Waals surface area (Å²) in [7, 11) is 0. The Labute approximate surface area is 142 Å². The largest absolute Gasteiger partial charge is 0.508 e. The summed E-state index contributed by atoms with van der Waals surface area (Å²) in [5.41, 5.74) is 3.89. The monoisotopic (exact) mass is 319 g/mol. The van der Waals surface area contributed by atoms with E-state index in [1.807, 2.05) is 42.6 Å². The number of nitrogens with zero attached hydrogens (tertiary/aromatic N) is 1. The van der Waals surface area contributed by atoms with Crippen molar-refractivity contribution in [1.82, 2.24) is 4.98 Å². The molecular weight excluding hydrogens is 298 g/mol. The first-order valence-electron chi connectivity index (χ1n) is 7.98. The number of aromatic hydroxyl groups is 2. The quantitative estimate of drug-likeness (QED) is 0.734. The van der Waals surface area contributed by atoms with Crippen LogP contribution in [-0.2, 0) is 11.8 Å². The molecule has 0 radical (unpaired) electrons. The number of hydrogen-bond donors (Lipinski definition) is 2. The van der Waals surface area contributed by atoms with Gasteiger partial charge in [0.1, 0.15) is 11.5 Å². The number of phenolic OH excluding ortho intramolecular Hbond substituents is 2. The van der Waals surface area contributed by atoms with Gasteiger partial charge in [0.15, 0.2) is 0 Å². The number of aromatic nitrogens is 1.